The summed E-state index contributed by atoms with van der Waals surface area (Å²) in [6, 6.07) is 15.2. The summed E-state index contributed by atoms with van der Waals surface area (Å²) in [4.78, 5) is 15.3. The molecule has 0 bridgehead atoms. The fourth-order valence-electron chi connectivity index (χ4n) is 2.60. The van der Waals surface area contributed by atoms with Crippen LogP contribution in [0, 0.1) is 6.92 Å². The van der Waals surface area contributed by atoms with E-state index in [4.69, 9.17) is 21.4 Å². The van der Waals surface area contributed by atoms with Gasteiger partial charge in [-0.2, -0.15) is 0 Å². The number of halogens is 1. The monoisotopic (exact) mass is 341 g/mol. The van der Waals surface area contributed by atoms with Crippen molar-refractivity contribution < 1.29 is 14.6 Å². The summed E-state index contributed by atoms with van der Waals surface area (Å²) in [6.45, 7) is 3.53. The van der Waals surface area contributed by atoms with Crippen LogP contribution in [0.1, 0.15) is 12.5 Å². The Kier molecular flexibility index (Phi) is 4.40. The molecule has 0 unspecified atom stereocenters. The first-order valence-corrected chi connectivity index (χ1v) is 7.89. The molecule has 2 aromatic carbocycles. The van der Waals surface area contributed by atoms with Gasteiger partial charge in [0, 0.05) is 11.5 Å². The van der Waals surface area contributed by atoms with Crippen molar-refractivity contribution in [2.75, 3.05) is 0 Å². The molecule has 4 nitrogen and oxygen atoms in total. The van der Waals surface area contributed by atoms with Crippen LogP contribution in [0.15, 0.2) is 48.5 Å². The number of aromatic nitrogens is 1. The summed E-state index contributed by atoms with van der Waals surface area (Å²) >= 11 is 6.19. The molecule has 122 valence electrons. The van der Waals surface area contributed by atoms with E-state index in [1.165, 1.54) is 6.92 Å². The molecule has 1 heterocycles. The number of carboxylic acid groups (broad SMARTS) is 1. The molecule has 1 aromatic heterocycles. The number of carbonyl (C=O) groups is 1. The van der Waals surface area contributed by atoms with Gasteiger partial charge < -0.3 is 9.84 Å². The van der Waals surface area contributed by atoms with Gasteiger partial charge in [-0.15, -0.1) is 0 Å². The van der Waals surface area contributed by atoms with E-state index in [-0.39, 0.29) is 0 Å². The van der Waals surface area contributed by atoms with Crippen molar-refractivity contribution in [2.45, 2.75) is 20.0 Å². The second-order valence-corrected chi connectivity index (χ2v) is 5.97. The predicted molar refractivity (Wildman–Crippen MR) is 94.7 cm³/mol. The van der Waals surface area contributed by atoms with E-state index in [1.54, 1.807) is 12.1 Å². The predicted octanol–water partition coefficient (Wildman–Crippen LogP) is 4.72. The van der Waals surface area contributed by atoms with Crippen molar-refractivity contribution in [3.63, 3.8) is 0 Å². The molecule has 1 N–H and O–H groups in total. The lowest BCUT2D eigenvalue weighted by molar-refractivity contribution is -0.144. The lowest BCUT2D eigenvalue weighted by Crippen LogP contribution is -2.22. The van der Waals surface area contributed by atoms with Crippen molar-refractivity contribution in [3.05, 3.63) is 59.2 Å². The maximum Gasteiger partial charge on any atom is 0.344 e. The van der Waals surface area contributed by atoms with E-state index in [1.807, 2.05) is 43.3 Å². The number of fused-ring (bicyclic) bond motifs is 1. The van der Waals surface area contributed by atoms with E-state index >= 15 is 0 Å². The zero-order valence-corrected chi connectivity index (χ0v) is 14.0. The fourth-order valence-corrected chi connectivity index (χ4v) is 2.80. The molecule has 0 aliphatic heterocycles. The number of nitrogens with zero attached hydrogens (tertiary/aromatic N) is 1. The molecule has 0 radical (unpaired) electrons. The number of hydrogen-bond donors (Lipinski definition) is 1. The molecule has 0 aliphatic rings. The molecular weight excluding hydrogens is 326 g/mol. The number of benzene rings is 2. The van der Waals surface area contributed by atoms with Gasteiger partial charge in [-0.1, -0.05) is 35.9 Å². The molecule has 24 heavy (non-hydrogen) atoms. The highest BCUT2D eigenvalue weighted by molar-refractivity contribution is 6.30. The van der Waals surface area contributed by atoms with Crippen LogP contribution < -0.4 is 4.74 Å². The van der Waals surface area contributed by atoms with E-state index in [2.05, 4.69) is 4.98 Å². The van der Waals surface area contributed by atoms with Crippen molar-refractivity contribution >= 4 is 28.5 Å². The zero-order valence-electron chi connectivity index (χ0n) is 13.3. The molecule has 0 aliphatic carbocycles. The molecular formula is C19H16ClNO3. The maximum atomic E-state index is 10.9. The largest absolute Gasteiger partial charge is 0.479 e. The number of rotatable bonds is 4. The van der Waals surface area contributed by atoms with E-state index < -0.39 is 12.1 Å². The molecule has 0 fully saturated rings. The molecule has 0 amide bonds. The summed E-state index contributed by atoms with van der Waals surface area (Å²) in [6.07, 6.45) is -0.933. The Bertz CT molecular complexity index is 924. The number of aryl methyl sites for hydroxylation is 1. The van der Waals surface area contributed by atoms with Crippen molar-refractivity contribution in [3.8, 4) is 16.9 Å². The first-order valence-electron chi connectivity index (χ1n) is 7.51. The second kappa shape index (κ2) is 6.49. The minimum Gasteiger partial charge on any atom is -0.479 e. The van der Waals surface area contributed by atoms with Gasteiger partial charge in [0.05, 0.1) is 5.52 Å². The van der Waals surface area contributed by atoms with Crippen LogP contribution in [0.3, 0.4) is 0 Å². The average molecular weight is 342 g/mol. The molecule has 0 saturated carbocycles. The second-order valence-electron chi connectivity index (χ2n) is 5.58. The number of hydrogen-bond acceptors (Lipinski definition) is 3. The van der Waals surface area contributed by atoms with Crippen LogP contribution in [0.25, 0.3) is 22.0 Å². The van der Waals surface area contributed by atoms with Gasteiger partial charge >= 0.3 is 5.97 Å². The number of carboxylic acids is 1. The highest BCUT2D eigenvalue weighted by Gasteiger charge is 2.14. The van der Waals surface area contributed by atoms with E-state index in [0.29, 0.717) is 16.4 Å². The summed E-state index contributed by atoms with van der Waals surface area (Å²) in [7, 11) is 0. The minimum atomic E-state index is -1.02. The fraction of sp³-hybridized carbons (Fsp3) is 0.158. The third-order valence-corrected chi connectivity index (χ3v) is 4.04. The standard InChI is InChI=1S/C19H16ClNO3/c1-11-5-3-4-6-14(11)16-10-18(20)21-17-9-13(7-8-15(16)17)24-12(2)19(22)23/h3-10,12H,1-2H3,(H,22,23)/t12-/m1/s1. The van der Waals surface area contributed by atoms with Crippen LogP contribution in [-0.4, -0.2) is 22.2 Å². The number of aliphatic carboxylic acids is 1. The summed E-state index contributed by atoms with van der Waals surface area (Å²) < 4.78 is 5.41. The zero-order chi connectivity index (χ0) is 17.3. The lowest BCUT2D eigenvalue weighted by Gasteiger charge is -2.13. The Morgan fingerprint density at radius 3 is 2.62 bits per heavy atom. The van der Waals surface area contributed by atoms with Gasteiger partial charge in [0.1, 0.15) is 10.9 Å². The third-order valence-electron chi connectivity index (χ3n) is 3.85. The Morgan fingerprint density at radius 1 is 1.17 bits per heavy atom. The van der Waals surface area contributed by atoms with Gasteiger partial charge in [0.2, 0.25) is 0 Å². The van der Waals surface area contributed by atoms with Gasteiger partial charge in [-0.25, -0.2) is 9.78 Å². The Hall–Kier alpha value is -2.59. The maximum absolute atomic E-state index is 10.9. The Balaban J connectivity index is 2.13. The summed E-state index contributed by atoms with van der Waals surface area (Å²) in [5, 5.41) is 10.3. The van der Waals surface area contributed by atoms with Crippen molar-refractivity contribution in [1.29, 1.82) is 0 Å². The van der Waals surface area contributed by atoms with Crippen LogP contribution in [0.4, 0.5) is 0 Å². The van der Waals surface area contributed by atoms with Crippen LogP contribution in [0.2, 0.25) is 5.15 Å². The first kappa shape index (κ1) is 16.3. The van der Waals surface area contributed by atoms with Crippen LogP contribution in [-0.2, 0) is 4.79 Å². The van der Waals surface area contributed by atoms with Crippen molar-refractivity contribution in [2.24, 2.45) is 0 Å². The van der Waals surface area contributed by atoms with Crippen LogP contribution >= 0.6 is 11.6 Å². The molecule has 0 spiro atoms. The highest BCUT2D eigenvalue weighted by Crippen LogP contribution is 2.33. The Labute approximate surface area is 144 Å². The smallest absolute Gasteiger partial charge is 0.344 e. The molecule has 5 heteroatoms. The topological polar surface area (TPSA) is 59.4 Å². The summed E-state index contributed by atoms with van der Waals surface area (Å²) in [5.74, 6) is -0.572. The first-order chi connectivity index (χ1) is 11.5. The quantitative estimate of drug-likeness (QED) is 0.698. The molecule has 3 rings (SSSR count). The molecule has 3 aromatic rings. The average Bonchev–Trinajstić information content (AvgIpc) is 2.54. The van der Waals surface area contributed by atoms with Gasteiger partial charge in [0.25, 0.3) is 0 Å². The minimum absolute atomic E-state index is 0.379. The molecule has 0 saturated heterocycles. The number of pyridine rings is 1. The van der Waals surface area contributed by atoms with Crippen LogP contribution in [0.5, 0.6) is 5.75 Å². The van der Waals surface area contributed by atoms with E-state index in [9.17, 15) is 4.79 Å². The van der Waals surface area contributed by atoms with Gasteiger partial charge in [-0.05, 0) is 48.7 Å². The van der Waals surface area contributed by atoms with Crippen molar-refractivity contribution in [1.82, 2.24) is 4.98 Å². The molecule has 1 atom stereocenters. The SMILES string of the molecule is Cc1ccccc1-c1cc(Cl)nc2cc(O[C@H](C)C(=O)O)ccc12. The Morgan fingerprint density at radius 2 is 1.92 bits per heavy atom. The van der Waals surface area contributed by atoms with E-state index in [0.717, 1.165) is 22.1 Å². The van der Waals surface area contributed by atoms with Gasteiger partial charge in [-0.3, -0.25) is 0 Å². The third kappa shape index (κ3) is 3.19. The lowest BCUT2D eigenvalue weighted by atomic mass is 9.97. The van der Waals surface area contributed by atoms with Gasteiger partial charge in [0.15, 0.2) is 6.10 Å². The number of ether oxygens (including phenoxy) is 1. The normalized spacial score (nSPS) is 12.1. The highest BCUT2D eigenvalue weighted by atomic mass is 35.5. The summed E-state index contributed by atoms with van der Waals surface area (Å²) in [5.41, 5.74) is 3.87.